The molecular formula is C11H12O3. The molecule has 1 aromatic rings. The summed E-state index contributed by atoms with van der Waals surface area (Å²) >= 11 is 0. The van der Waals surface area contributed by atoms with Gasteiger partial charge in [0.1, 0.15) is 6.29 Å². The van der Waals surface area contributed by atoms with E-state index in [1.807, 2.05) is 30.3 Å². The normalized spacial score (nSPS) is 25.4. The second-order valence-corrected chi connectivity index (χ2v) is 3.19. The molecule has 0 unspecified atom stereocenters. The molecule has 1 aliphatic rings. The maximum absolute atomic E-state index is 10.1. The van der Waals surface area contributed by atoms with Crippen molar-refractivity contribution < 1.29 is 14.3 Å². The highest BCUT2D eigenvalue weighted by atomic mass is 16.9. The van der Waals surface area contributed by atoms with Gasteiger partial charge in [-0.3, -0.25) is 0 Å². The van der Waals surface area contributed by atoms with E-state index in [1.165, 1.54) is 0 Å². The molecule has 0 N–H and O–H groups in total. The SMILES string of the molecule is O=CCCC1OC(c2ccccc2)O1. The first-order valence-electron chi connectivity index (χ1n) is 4.69. The standard InChI is InChI=1S/C11H12O3/c12-8-4-7-10-13-11(14-10)9-5-2-1-3-6-9/h1-3,5-6,8,10-11H,4,7H2. The van der Waals surface area contributed by atoms with Crippen molar-refractivity contribution in [1.29, 1.82) is 0 Å². The lowest BCUT2D eigenvalue weighted by atomic mass is 10.2. The molecule has 0 aliphatic carbocycles. The molecule has 1 heterocycles. The lowest BCUT2D eigenvalue weighted by Gasteiger charge is -2.36. The van der Waals surface area contributed by atoms with E-state index in [-0.39, 0.29) is 12.6 Å². The average Bonchev–Trinajstić information content (AvgIpc) is 2.17. The van der Waals surface area contributed by atoms with Crippen LogP contribution in [0.2, 0.25) is 0 Å². The molecule has 3 heteroatoms. The van der Waals surface area contributed by atoms with E-state index in [1.54, 1.807) is 0 Å². The predicted octanol–water partition coefficient (Wildman–Crippen LogP) is 2.04. The molecule has 74 valence electrons. The van der Waals surface area contributed by atoms with E-state index in [4.69, 9.17) is 9.47 Å². The lowest BCUT2D eigenvalue weighted by molar-refractivity contribution is -0.391. The van der Waals surface area contributed by atoms with E-state index in [0.29, 0.717) is 12.8 Å². The van der Waals surface area contributed by atoms with Gasteiger partial charge in [0.25, 0.3) is 0 Å². The Hall–Kier alpha value is -1.19. The topological polar surface area (TPSA) is 35.5 Å². The van der Waals surface area contributed by atoms with Crippen molar-refractivity contribution in [1.82, 2.24) is 0 Å². The van der Waals surface area contributed by atoms with Crippen molar-refractivity contribution >= 4 is 6.29 Å². The Bertz CT molecular complexity index is 291. The zero-order valence-electron chi connectivity index (χ0n) is 7.76. The minimum Gasteiger partial charge on any atom is -0.319 e. The van der Waals surface area contributed by atoms with Gasteiger partial charge in [-0.15, -0.1) is 0 Å². The number of hydrogen-bond donors (Lipinski definition) is 0. The molecule has 1 saturated heterocycles. The van der Waals surface area contributed by atoms with Crippen LogP contribution < -0.4 is 0 Å². The van der Waals surface area contributed by atoms with E-state index in [9.17, 15) is 4.79 Å². The highest BCUT2D eigenvalue weighted by Gasteiger charge is 2.31. The molecule has 0 radical (unpaired) electrons. The summed E-state index contributed by atoms with van der Waals surface area (Å²) in [6.45, 7) is 0. The van der Waals surface area contributed by atoms with Crippen LogP contribution in [-0.2, 0) is 14.3 Å². The minimum atomic E-state index is -0.243. The highest BCUT2D eigenvalue weighted by Crippen LogP contribution is 2.33. The Balaban J connectivity index is 1.80. The number of carbonyl (C=O) groups excluding carboxylic acids is 1. The Labute approximate surface area is 82.6 Å². The van der Waals surface area contributed by atoms with Crippen LogP contribution in [-0.4, -0.2) is 12.6 Å². The van der Waals surface area contributed by atoms with Gasteiger partial charge >= 0.3 is 0 Å². The number of carbonyl (C=O) groups is 1. The smallest absolute Gasteiger partial charge is 0.189 e. The molecule has 1 fully saturated rings. The van der Waals surface area contributed by atoms with Gasteiger partial charge in [0.05, 0.1) is 0 Å². The Morgan fingerprint density at radius 3 is 2.57 bits per heavy atom. The maximum atomic E-state index is 10.1. The van der Waals surface area contributed by atoms with Gasteiger partial charge in [-0.05, 0) is 0 Å². The largest absolute Gasteiger partial charge is 0.319 e. The van der Waals surface area contributed by atoms with Gasteiger partial charge in [0.15, 0.2) is 12.6 Å². The molecule has 0 saturated carbocycles. The molecule has 0 amide bonds. The number of aldehydes is 1. The fraction of sp³-hybridized carbons (Fsp3) is 0.364. The maximum Gasteiger partial charge on any atom is 0.189 e. The summed E-state index contributed by atoms with van der Waals surface area (Å²) in [5.41, 5.74) is 1.02. The summed E-state index contributed by atoms with van der Waals surface area (Å²) in [7, 11) is 0. The number of hydrogen-bond acceptors (Lipinski definition) is 3. The third-order valence-electron chi connectivity index (χ3n) is 2.14. The molecular weight excluding hydrogens is 180 g/mol. The molecule has 0 atom stereocenters. The Morgan fingerprint density at radius 2 is 1.93 bits per heavy atom. The second kappa shape index (κ2) is 4.35. The van der Waals surface area contributed by atoms with E-state index in [0.717, 1.165) is 11.8 Å². The molecule has 0 spiro atoms. The molecule has 2 rings (SSSR count). The van der Waals surface area contributed by atoms with Crippen LogP contribution in [0.1, 0.15) is 24.7 Å². The summed E-state index contributed by atoms with van der Waals surface area (Å²) in [4.78, 5) is 10.1. The highest BCUT2D eigenvalue weighted by molar-refractivity contribution is 5.49. The van der Waals surface area contributed by atoms with Gasteiger partial charge < -0.3 is 14.3 Å². The van der Waals surface area contributed by atoms with Gasteiger partial charge in [-0.2, -0.15) is 0 Å². The number of ether oxygens (including phenoxy) is 2. The molecule has 1 aliphatic heterocycles. The first-order valence-corrected chi connectivity index (χ1v) is 4.69. The monoisotopic (exact) mass is 192 g/mol. The summed E-state index contributed by atoms with van der Waals surface area (Å²) in [5, 5.41) is 0. The molecule has 14 heavy (non-hydrogen) atoms. The fourth-order valence-corrected chi connectivity index (χ4v) is 1.39. The van der Waals surface area contributed by atoms with Gasteiger partial charge in [0, 0.05) is 18.4 Å². The zero-order chi connectivity index (χ0) is 9.80. The van der Waals surface area contributed by atoms with Crippen molar-refractivity contribution in [3.63, 3.8) is 0 Å². The second-order valence-electron chi connectivity index (χ2n) is 3.19. The van der Waals surface area contributed by atoms with Crippen LogP contribution in [0.3, 0.4) is 0 Å². The molecule has 0 bridgehead atoms. The minimum absolute atomic E-state index is 0.203. The van der Waals surface area contributed by atoms with Crippen molar-refractivity contribution in [3.8, 4) is 0 Å². The van der Waals surface area contributed by atoms with E-state index >= 15 is 0 Å². The fourth-order valence-electron chi connectivity index (χ4n) is 1.39. The van der Waals surface area contributed by atoms with Crippen LogP contribution in [0, 0.1) is 0 Å². The Kier molecular flexibility index (Phi) is 2.91. The quantitative estimate of drug-likeness (QED) is 0.685. The molecule has 3 nitrogen and oxygen atoms in total. The van der Waals surface area contributed by atoms with Gasteiger partial charge in [-0.1, -0.05) is 30.3 Å². The van der Waals surface area contributed by atoms with Crippen molar-refractivity contribution in [3.05, 3.63) is 35.9 Å². The van der Waals surface area contributed by atoms with Crippen LogP contribution in [0.15, 0.2) is 30.3 Å². The molecule has 0 aromatic heterocycles. The van der Waals surface area contributed by atoms with E-state index in [2.05, 4.69) is 0 Å². The number of benzene rings is 1. The number of rotatable bonds is 4. The van der Waals surface area contributed by atoms with E-state index < -0.39 is 0 Å². The van der Waals surface area contributed by atoms with Crippen molar-refractivity contribution in [2.75, 3.05) is 0 Å². The van der Waals surface area contributed by atoms with Gasteiger partial charge in [-0.25, -0.2) is 0 Å². The van der Waals surface area contributed by atoms with Crippen LogP contribution >= 0.6 is 0 Å². The summed E-state index contributed by atoms with van der Waals surface area (Å²) < 4.78 is 10.9. The third kappa shape index (κ3) is 2.00. The zero-order valence-corrected chi connectivity index (χ0v) is 7.76. The van der Waals surface area contributed by atoms with Crippen LogP contribution in [0.4, 0.5) is 0 Å². The Morgan fingerprint density at radius 1 is 1.21 bits per heavy atom. The first-order chi connectivity index (χ1) is 6.90. The van der Waals surface area contributed by atoms with Crippen LogP contribution in [0.25, 0.3) is 0 Å². The third-order valence-corrected chi connectivity index (χ3v) is 2.14. The average molecular weight is 192 g/mol. The van der Waals surface area contributed by atoms with Crippen LogP contribution in [0.5, 0.6) is 0 Å². The van der Waals surface area contributed by atoms with Gasteiger partial charge in [0.2, 0.25) is 0 Å². The lowest BCUT2D eigenvalue weighted by Crippen LogP contribution is -2.34. The predicted molar refractivity (Wildman–Crippen MR) is 50.4 cm³/mol. The van der Waals surface area contributed by atoms with Crippen molar-refractivity contribution in [2.24, 2.45) is 0 Å². The molecule has 1 aromatic carbocycles. The summed E-state index contributed by atoms with van der Waals surface area (Å²) in [6.07, 6.45) is 1.57. The first kappa shape index (κ1) is 9.37. The summed E-state index contributed by atoms with van der Waals surface area (Å²) in [6, 6.07) is 9.76. The van der Waals surface area contributed by atoms with Crippen molar-refractivity contribution in [2.45, 2.75) is 25.4 Å². The summed E-state index contributed by atoms with van der Waals surface area (Å²) in [5.74, 6) is 0.